The number of carbonyl (C=O) groups excluding carboxylic acids is 1. The average molecular weight is 288 g/mol. The number of carbonyl (C=O) groups is 1. The summed E-state index contributed by atoms with van der Waals surface area (Å²) in [5.74, 6) is -0.429. The summed E-state index contributed by atoms with van der Waals surface area (Å²) >= 11 is 0. The molecule has 1 rings (SSSR count). The summed E-state index contributed by atoms with van der Waals surface area (Å²) in [7, 11) is 1.57. The van der Waals surface area contributed by atoms with E-state index in [1.165, 1.54) is 17.0 Å². The molecular formula is C14H19F3N2O. The molecule has 0 spiro atoms. The fraction of sp³-hybridized carbons (Fsp3) is 0.500. The van der Waals surface area contributed by atoms with Gasteiger partial charge >= 0.3 is 6.18 Å². The third kappa shape index (κ3) is 3.43. The Morgan fingerprint density at radius 2 is 1.95 bits per heavy atom. The van der Waals surface area contributed by atoms with Crippen molar-refractivity contribution >= 4 is 11.6 Å². The number of alkyl halides is 3. The second kappa shape index (κ2) is 6.15. The van der Waals surface area contributed by atoms with Gasteiger partial charge in [-0.2, -0.15) is 13.2 Å². The highest BCUT2D eigenvalue weighted by Crippen LogP contribution is 2.37. The lowest BCUT2D eigenvalue weighted by atomic mass is 10.0. The second-order valence-electron chi connectivity index (χ2n) is 4.77. The number of halogens is 3. The van der Waals surface area contributed by atoms with E-state index in [-0.39, 0.29) is 17.3 Å². The molecule has 0 aliphatic heterocycles. The van der Waals surface area contributed by atoms with Gasteiger partial charge in [-0.25, -0.2) is 0 Å². The highest BCUT2D eigenvalue weighted by atomic mass is 19.4. The summed E-state index contributed by atoms with van der Waals surface area (Å²) in [4.78, 5) is 13.7. The molecule has 0 aliphatic carbocycles. The minimum absolute atomic E-state index is 0.0397. The zero-order valence-electron chi connectivity index (χ0n) is 12.0. The molecule has 20 heavy (non-hydrogen) atoms. The number of amides is 1. The molecule has 1 amide bonds. The quantitative estimate of drug-likeness (QED) is 0.917. The minimum atomic E-state index is -4.50. The SMILES string of the molecule is CCNc1c(C(=O)N(C)C(C)C)cccc1C(F)(F)F. The van der Waals surface area contributed by atoms with Crippen LogP contribution in [0.3, 0.4) is 0 Å². The van der Waals surface area contributed by atoms with E-state index in [0.29, 0.717) is 6.54 Å². The summed E-state index contributed by atoms with van der Waals surface area (Å²) in [6.45, 7) is 5.60. The highest BCUT2D eigenvalue weighted by molar-refractivity contribution is 6.00. The van der Waals surface area contributed by atoms with E-state index in [1.54, 1.807) is 27.8 Å². The third-order valence-electron chi connectivity index (χ3n) is 3.05. The first-order valence-corrected chi connectivity index (χ1v) is 6.41. The molecule has 1 aromatic carbocycles. The Bertz CT molecular complexity index is 484. The van der Waals surface area contributed by atoms with E-state index in [4.69, 9.17) is 0 Å². The molecule has 0 unspecified atom stereocenters. The molecule has 0 saturated carbocycles. The molecule has 0 radical (unpaired) electrons. The Labute approximate surface area is 116 Å². The normalized spacial score (nSPS) is 11.6. The van der Waals surface area contributed by atoms with Gasteiger partial charge in [0, 0.05) is 19.6 Å². The Hall–Kier alpha value is -1.72. The molecule has 3 nitrogen and oxygen atoms in total. The van der Waals surface area contributed by atoms with E-state index >= 15 is 0 Å². The van der Waals surface area contributed by atoms with Gasteiger partial charge < -0.3 is 10.2 Å². The van der Waals surface area contributed by atoms with Gasteiger partial charge in [0.05, 0.1) is 16.8 Å². The van der Waals surface area contributed by atoms with Gasteiger partial charge in [0.2, 0.25) is 0 Å². The second-order valence-corrected chi connectivity index (χ2v) is 4.77. The van der Waals surface area contributed by atoms with E-state index in [9.17, 15) is 18.0 Å². The molecule has 1 aromatic rings. The molecule has 0 bridgehead atoms. The van der Waals surface area contributed by atoms with Crippen LogP contribution < -0.4 is 5.32 Å². The summed E-state index contributed by atoms with van der Waals surface area (Å²) in [5.41, 5.74) is -0.930. The van der Waals surface area contributed by atoms with Crippen LogP contribution in [-0.2, 0) is 6.18 Å². The number of hydrogen-bond acceptors (Lipinski definition) is 2. The van der Waals surface area contributed by atoms with Gasteiger partial charge in [0.25, 0.3) is 5.91 Å². The van der Waals surface area contributed by atoms with Crippen LogP contribution in [0.4, 0.5) is 18.9 Å². The van der Waals surface area contributed by atoms with Crippen molar-refractivity contribution in [1.82, 2.24) is 4.90 Å². The molecule has 0 saturated heterocycles. The van der Waals surface area contributed by atoms with Gasteiger partial charge in [0.1, 0.15) is 0 Å². The van der Waals surface area contributed by atoms with Crippen LogP contribution in [0, 0.1) is 0 Å². The number of para-hydroxylation sites is 1. The van der Waals surface area contributed by atoms with E-state index in [1.807, 2.05) is 0 Å². The zero-order valence-corrected chi connectivity index (χ0v) is 12.0. The molecule has 1 N–H and O–H groups in total. The van der Waals surface area contributed by atoms with Crippen molar-refractivity contribution in [3.8, 4) is 0 Å². The predicted octanol–water partition coefficient (Wildman–Crippen LogP) is 3.62. The maximum atomic E-state index is 13.0. The fourth-order valence-electron chi connectivity index (χ4n) is 1.76. The monoisotopic (exact) mass is 288 g/mol. The van der Waals surface area contributed by atoms with Gasteiger partial charge in [-0.15, -0.1) is 0 Å². The molecule has 0 fully saturated rings. The molecule has 0 heterocycles. The van der Waals surface area contributed by atoms with Crippen LogP contribution in [0.15, 0.2) is 18.2 Å². The summed E-state index contributed by atoms with van der Waals surface area (Å²) in [5, 5.41) is 2.66. The summed E-state index contributed by atoms with van der Waals surface area (Å²) in [6, 6.07) is 3.55. The van der Waals surface area contributed by atoms with Gasteiger partial charge in [-0.3, -0.25) is 4.79 Å². The first-order valence-electron chi connectivity index (χ1n) is 6.41. The maximum absolute atomic E-state index is 13.0. The lowest BCUT2D eigenvalue weighted by Gasteiger charge is -2.24. The number of benzene rings is 1. The summed E-state index contributed by atoms with van der Waals surface area (Å²) in [6.07, 6.45) is -4.50. The Kier molecular flexibility index (Phi) is 5.03. The minimum Gasteiger partial charge on any atom is -0.384 e. The van der Waals surface area contributed by atoms with E-state index < -0.39 is 17.6 Å². The Morgan fingerprint density at radius 1 is 1.35 bits per heavy atom. The average Bonchev–Trinajstić information content (AvgIpc) is 2.36. The van der Waals surface area contributed by atoms with Crippen LogP contribution in [0.5, 0.6) is 0 Å². The van der Waals surface area contributed by atoms with Crippen molar-refractivity contribution in [2.75, 3.05) is 18.9 Å². The molecular weight excluding hydrogens is 269 g/mol. The highest BCUT2D eigenvalue weighted by Gasteiger charge is 2.35. The van der Waals surface area contributed by atoms with Crippen LogP contribution >= 0.6 is 0 Å². The lowest BCUT2D eigenvalue weighted by molar-refractivity contribution is -0.137. The fourth-order valence-corrected chi connectivity index (χ4v) is 1.76. The molecule has 6 heteroatoms. The van der Waals surface area contributed by atoms with Crippen LogP contribution in [0.2, 0.25) is 0 Å². The number of rotatable bonds is 4. The Balaban J connectivity index is 3.36. The van der Waals surface area contributed by atoms with E-state index in [2.05, 4.69) is 5.32 Å². The smallest absolute Gasteiger partial charge is 0.384 e. The molecule has 0 atom stereocenters. The lowest BCUT2D eigenvalue weighted by Crippen LogP contribution is -2.33. The maximum Gasteiger partial charge on any atom is 0.418 e. The molecule has 0 aliphatic rings. The van der Waals surface area contributed by atoms with Gasteiger partial charge in [-0.05, 0) is 32.9 Å². The van der Waals surface area contributed by atoms with Crippen LogP contribution in [0.25, 0.3) is 0 Å². The van der Waals surface area contributed by atoms with Crippen molar-refractivity contribution in [2.45, 2.75) is 33.0 Å². The topological polar surface area (TPSA) is 32.3 Å². The van der Waals surface area contributed by atoms with Gasteiger partial charge in [-0.1, -0.05) is 6.07 Å². The Morgan fingerprint density at radius 3 is 2.40 bits per heavy atom. The van der Waals surface area contributed by atoms with Crippen LogP contribution in [-0.4, -0.2) is 30.4 Å². The first kappa shape index (κ1) is 16.3. The standard InChI is InChI=1S/C14H19F3N2O/c1-5-18-12-10(13(20)19(4)9(2)3)7-6-8-11(12)14(15,16)17/h6-9,18H,5H2,1-4H3. The van der Waals surface area contributed by atoms with Crippen LogP contribution in [0.1, 0.15) is 36.7 Å². The van der Waals surface area contributed by atoms with Crippen molar-refractivity contribution < 1.29 is 18.0 Å². The molecule has 0 aromatic heterocycles. The largest absolute Gasteiger partial charge is 0.418 e. The first-order chi connectivity index (χ1) is 9.20. The zero-order chi connectivity index (χ0) is 15.5. The van der Waals surface area contributed by atoms with Crippen molar-refractivity contribution in [1.29, 1.82) is 0 Å². The van der Waals surface area contributed by atoms with Crippen molar-refractivity contribution in [2.24, 2.45) is 0 Å². The summed E-state index contributed by atoms with van der Waals surface area (Å²) < 4.78 is 39.0. The predicted molar refractivity (Wildman–Crippen MR) is 72.8 cm³/mol. The van der Waals surface area contributed by atoms with Crippen molar-refractivity contribution in [3.05, 3.63) is 29.3 Å². The number of anilines is 1. The molecule has 112 valence electrons. The third-order valence-corrected chi connectivity index (χ3v) is 3.05. The number of nitrogens with zero attached hydrogens (tertiary/aromatic N) is 1. The van der Waals surface area contributed by atoms with Crippen molar-refractivity contribution in [3.63, 3.8) is 0 Å². The number of hydrogen-bond donors (Lipinski definition) is 1. The van der Waals surface area contributed by atoms with E-state index in [0.717, 1.165) is 6.07 Å². The number of nitrogens with one attached hydrogen (secondary N) is 1. The van der Waals surface area contributed by atoms with Gasteiger partial charge in [0.15, 0.2) is 0 Å².